The van der Waals surface area contributed by atoms with Crippen molar-refractivity contribution >= 4 is 5.97 Å². The number of aliphatic carboxylic acids is 1. The van der Waals surface area contributed by atoms with Crippen molar-refractivity contribution in [3.63, 3.8) is 0 Å². The number of hydrogen-bond acceptors (Lipinski definition) is 6. The van der Waals surface area contributed by atoms with Crippen LogP contribution in [0.2, 0.25) is 0 Å². The molecule has 4 rings (SSSR count). The van der Waals surface area contributed by atoms with Gasteiger partial charge in [0.15, 0.2) is 5.82 Å². The van der Waals surface area contributed by atoms with Crippen LogP contribution >= 0.6 is 0 Å². The minimum atomic E-state index is -0.851. The van der Waals surface area contributed by atoms with E-state index in [1.54, 1.807) is 0 Å². The molecule has 0 saturated carbocycles. The van der Waals surface area contributed by atoms with Crippen molar-refractivity contribution in [2.45, 2.75) is 39.7 Å². The van der Waals surface area contributed by atoms with Crippen molar-refractivity contribution in [1.82, 2.24) is 31.1 Å². The number of H-pyrrole nitrogens is 1. The van der Waals surface area contributed by atoms with Crippen LogP contribution in [0.4, 0.5) is 0 Å². The Balaban J connectivity index is 1.59. The molecule has 8 heteroatoms. The van der Waals surface area contributed by atoms with Crippen molar-refractivity contribution in [2.24, 2.45) is 5.92 Å². The van der Waals surface area contributed by atoms with Crippen LogP contribution in [0.15, 0.2) is 59.8 Å². The highest BCUT2D eigenvalue weighted by atomic mass is 16.4. The SMILES string of the molecule is CCCN1NC(Cc2ccc(-c3ccccc3-c3nnn[nH]3)cc2)C(C(=O)O)=C1C(C)C. The fourth-order valence-electron chi connectivity index (χ4n) is 4.35. The molecule has 0 amide bonds. The number of rotatable bonds is 8. The number of carbonyl (C=O) groups is 1. The van der Waals surface area contributed by atoms with Gasteiger partial charge in [-0.1, -0.05) is 69.3 Å². The number of nitrogens with one attached hydrogen (secondary N) is 2. The summed E-state index contributed by atoms with van der Waals surface area (Å²) >= 11 is 0. The molecular formula is C24H28N6O2. The second-order valence-electron chi connectivity index (χ2n) is 8.29. The molecule has 166 valence electrons. The first-order valence-corrected chi connectivity index (χ1v) is 10.9. The number of aromatic nitrogens is 4. The van der Waals surface area contributed by atoms with Crippen LogP contribution in [0, 0.1) is 5.92 Å². The molecule has 3 N–H and O–H groups in total. The standard InChI is InChI=1S/C24H28N6O2/c1-4-13-30-22(15(2)3)21(24(31)32)20(27-30)14-16-9-11-17(12-10-16)18-7-5-6-8-19(18)23-25-28-29-26-23/h5-12,15,20,27H,4,13-14H2,1-3H3,(H,31,32)(H,25,26,28,29). The summed E-state index contributed by atoms with van der Waals surface area (Å²) in [6, 6.07) is 15.9. The zero-order valence-electron chi connectivity index (χ0n) is 18.5. The highest BCUT2D eigenvalue weighted by Crippen LogP contribution is 2.32. The highest BCUT2D eigenvalue weighted by molar-refractivity contribution is 5.89. The van der Waals surface area contributed by atoms with Crippen LogP contribution in [0.3, 0.4) is 0 Å². The molecule has 0 spiro atoms. The number of tetrazole rings is 1. The predicted octanol–water partition coefficient (Wildman–Crippen LogP) is 3.67. The smallest absolute Gasteiger partial charge is 0.335 e. The molecule has 1 aliphatic heterocycles. The van der Waals surface area contributed by atoms with Crippen LogP contribution in [-0.2, 0) is 11.2 Å². The van der Waals surface area contributed by atoms with E-state index < -0.39 is 5.97 Å². The number of carboxylic acid groups (broad SMARTS) is 1. The van der Waals surface area contributed by atoms with E-state index >= 15 is 0 Å². The summed E-state index contributed by atoms with van der Waals surface area (Å²) in [5.74, 6) is -0.0982. The fourth-order valence-corrected chi connectivity index (χ4v) is 4.35. The van der Waals surface area contributed by atoms with Crippen LogP contribution in [0.5, 0.6) is 0 Å². The molecule has 3 aromatic rings. The highest BCUT2D eigenvalue weighted by Gasteiger charge is 2.36. The monoisotopic (exact) mass is 432 g/mol. The molecule has 2 aromatic carbocycles. The van der Waals surface area contributed by atoms with E-state index in [1.807, 2.05) is 43.1 Å². The first-order valence-electron chi connectivity index (χ1n) is 10.9. The van der Waals surface area contributed by atoms with Crippen LogP contribution in [0.1, 0.15) is 32.8 Å². The van der Waals surface area contributed by atoms with Gasteiger partial charge in [0.05, 0.1) is 11.6 Å². The normalized spacial score (nSPS) is 16.2. The molecule has 0 bridgehead atoms. The van der Waals surface area contributed by atoms with E-state index in [9.17, 15) is 9.90 Å². The molecule has 1 atom stereocenters. The lowest BCUT2D eigenvalue weighted by molar-refractivity contribution is -0.133. The van der Waals surface area contributed by atoms with Gasteiger partial charge in [-0.15, -0.1) is 5.10 Å². The number of benzene rings is 2. The second kappa shape index (κ2) is 9.32. The van der Waals surface area contributed by atoms with E-state index in [-0.39, 0.29) is 12.0 Å². The lowest BCUT2D eigenvalue weighted by atomic mass is 9.94. The van der Waals surface area contributed by atoms with E-state index in [0.717, 1.165) is 40.9 Å². The molecule has 1 aliphatic rings. The van der Waals surface area contributed by atoms with Gasteiger partial charge in [0.25, 0.3) is 0 Å². The van der Waals surface area contributed by atoms with Gasteiger partial charge in [-0.25, -0.2) is 15.3 Å². The third-order valence-corrected chi connectivity index (χ3v) is 5.68. The Morgan fingerprint density at radius 3 is 2.44 bits per heavy atom. The number of aromatic amines is 1. The molecule has 1 unspecified atom stereocenters. The molecule has 0 aliphatic carbocycles. The average molecular weight is 433 g/mol. The maximum Gasteiger partial charge on any atom is 0.335 e. The van der Waals surface area contributed by atoms with Crippen LogP contribution in [-0.4, -0.2) is 49.3 Å². The first kappa shape index (κ1) is 21.7. The molecular weight excluding hydrogens is 404 g/mol. The summed E-state index contributed by atoms with van der Waals surface area (Å²) in [5.41, 5.74) is 8.86. The van der Waals surface area contributed by atoms with Gasteiger partial charge in [-0.3, -0.25) is 0 Å². The lowest BCUT2D eigenvalue weighted by Gasteiger charge is -2.25. The van der Waals surface area contributed by atoms with E-state index in [0.29, 0.717) is 17.8 Å². The summed E-state index contributed by atoms with van der Waals surface area (Å²) in [5, 5.41) is 26.2. The Morgan fingerprint density at radius 1 is 1.12 bits per heavy atom. The van der Waals surface area contributed by atoms with Crippen molar-refractivity contribution in [3.05, 3.63) is 65.4 Å². The van der Waals surface area contributed by atoms with Gasteiger partial charge < -0.3 is 10.1 Å². The quantitative estimate of drug-likeness (QED) is 0.498. The fraction of sp³-hybridized carbons (Fsp3) is 0.333. The number of nitrogens with zero attached hydrogens (tertiary/aromatic N) is 4. The topological polar surface area (TPSA) is 107 Å². The molecule has 1 aromatic heterocycles. The van der Waals surface area contributed by atoms with Crippen molar-refractivity contribution in [3.8, 4) is 22.5 Å². The molecule has 8 nitrogen and oxygen atoms in total. The van der Waals surface area contributed by atoms with Gasteiger partial charge >= 0.3 is 5.97 Å². The number of allylic oxidation sites excluding steroid dienone is 1. The van der Waals surface area contributed by atoms with Crippen molar-refractivity contribution < 1.29 is 9.90 Å². The molecule has 0 fully saturated rings. The maximum absolute atomic E-state index is 12.1. The van der Waals surface area contributed by atoms with Gasteiger partial charge in [-0.05, 0) is 45.9 Å². The van der Waals surface area contributed by atoms with Crippen molar-refractivity contribution in [1.29, 1.82) is 0 Å². The number of hydrogen-bond donors (Lipinski definition) is 3. The lowest BCUT2D eigenvalue weighted by Crippen LogP contribution is -2.40. The van der Waals surface area contributed by atoms with E-state index in [4.69, 9.17) is 0 Å². The van der Waals surface area contributed by atoms with Gasteiger partial charge in [0.2, 0.25) is 0 Å². The average Bonchev–Trinajstić information content (AvgIpc) is 3.43. The predicted molar refractivity (Wildman–Crippen MR) is 122 cm³/mol. The summed E-state index contributed by atoms with van der Waals surface area (Å²) in [6.07, 6.45) is 1.55. The van der Waals surface area contributed by atoms with Crippen LogP contribution in [0.25, 0.3) is 22.5 Å². The van der Waals surface area contributed by atoms with Crippen LogP contribution < -0.4 is 5.43 Å². The van der Waals surface area contributed by atoms with Gasteiger partial charge in [-0.2, -0.15) is 0 Å². The minimum absolute atomic E-state index is 0.134. The number of carboxylic acids is 1. The summed E-state index contributed by atoms with van der Waals surface area (Å²) in [7, 11) is 0. The van der Waals surface area contributed by atoms with E-state index in [1.165, 1.54) is 0 Å². The Labute approximate surface area is 187 Å². The summed E-state index contributed by atoms with van der Waals surface area (Å²) < 4.78 is 0. The number of hydrazine groups is 1. The van der Waals surface area contributed by atoms with Crippen molar-refractivity contribution in [2.75, 3.05) is 6.54 Å². The zero-order chi connectivity index (χ0) is 22.7. The summed E-state index contributed by atoms with van der Waals surface area (Å²) in [6.45, 7) is 6.97. The Bertz CT molecular complexity index is 1110. The Morgan fingerprint density at radius 2 is 1.84 bits per heavy atom. The third-order valence-electron chi connectivity index (χ3n) is 5.68. The molecule has 2 heterocycles. The van der Waals surface area contributed by atoms with Gasteiger partial charge in [0, 0.05) is 17.8 Å². The Kier molecular flexibility index (Phi) is 6.32. The van der Waals surface area contributed by atoms with E-state index in [2.05, 4.69) is 57.2 Å². The largest absolute Gasteiger partial charge is 0.478 e. The Hall–Kier alpha value is -3.52. The van der Waals surface area contributed by atoms with Gasteiger partial charge in [0.1, 0.15) is 0 Å². The third kappa shape index (κ3) is 4.27. The maximum atomic E-state index is 12.1. The summed E-state index contributed by atoms with van der Waals surface area (Å²) in [4.78, 5) is 12.1. The molecule has 32 heavy (non-hydrogen) atoms. The zero-order valence-corrected chi connectivity index (χ0v) is 18.5. The second-order valence-corrected chi connectivity index (χ2v) is 8.29. The molecule has 0 saturated heterocycles. The molecule has 0 radical (unpaired) electrons. The first-order chi connectivity index (χ1) is 15.5. The minimum Gasteiger partial charge on any atom is -0.478 e.